The first-order valence-electron chi connectivity index (χ1n) is 8.90. The zero-order valence-corrected chi connectivity index (χ0v) is 17.9. The molecule has 3 aromatic rings. The number of nitrogens with one attached hydrogen (secondary N) is 3. The molecule has 29 heavy (non-hydrogen) atoms. The molecule has 0 saturated carbocycles. The summed E-state index contributed by atoms with van der Waals surface area (Å²) in [4.78, 5) is 13.3. The summed E-state index contributed by atoms with van der Waals surface area (Å²) in [6.07, 6.45) is 1.60. The third kappa shape index (κ3) is 6.00. The summed E-state index contributed by atoms with van der Waals surface area (Å²) in [5.41, 5.74) is 3.35. The van der Waals surface area contributed by atoms with Crippen molar-refractivity contribution in [2.24, 2.45) is 4.99 Å². The van der Waals surface area contributed by atoms with E-state index in [4.69, 9.17) is 28.2 Å². The van der Waals surface area contributed by atoms with E-state index in [0.29, 0.717) is 40.0 Å². The molecule has 150 valence electrons. The SMILES string of the molecule is Cc1cc(C)nc(NC(=NCc2ccco2)NC(=S)Nc2cccc(C)c2Cl)n1. The number of thiocarbonyl (C=S) groups is 1. The molecule has 0 radical (unpaired) electrons. The molecule has 0 fully saturated rings. The highest BCUT2D eigenvalue weighted by molar-refractivity contribution is 7.80. The zero-order chi connectivity index (χ0) is 20.8. The van der Waals surface area contributed by atoms with E-state index in [1.165, 1.54) is 0 Å². The minimum absolute atomic E-state index is 0.320. The fraction of sp³-hybridized carbons (Fsp3) is 0.200. The minimum atomic E-state index is 0.320. The standard InChI is InChI=1S/C20H21ClN6OS/c1-12-6-4-8-16(17(12)21)25-20(29)27-18(22-11-15-7-5-9-28-15)26-19-23-13(2)10-14(3)24-19/h4-10H,11H2,1-3H3,(H3,22,23,24,25,26,27,29). The highest BCUT2D eigenvalue weighted by Gasteiger charge is 2.09. The lowest BCUT2D eigenvalue weighted by Crippen LogP contribution is -2.39. The van der Waals surface area contributed by atoms with E-state index in [1.807, 2.05) is 57.2 Å². The summed E-state index contributed by atoms with van der Waals surface area (Å²) in [7, 11) is 0. The van der Waals surface area contributed by atoms with E-state index in [-0.39, 0.29) is 0 Å². The summed E-state index contributed by atoms with van der Waals surface area (Å²) in [5.74, 6) is 1.52. The third-order valence-corrected chi connectivity index (χ3v) is 4.56. The molecule has 2 aromatic heterocycles. The van der Waals surface area contributed by atoms with Crippen LogP contribution in [0.4, 0.5) is 11.6 Å². The summed E-state index contributed by atoms with van der Waals surface area (Å²) < 4.78 is 5.34. The van der Waals surface area contributed by atoms with Crippen LogP contribution in [0.15, 0.2) is 52.1 Å². The second kappa shape index (κ2) is 9.49. The number of benzene rings is 1. The zero-order valence-electron chi connectivity index (χ0n) is 16.3. The van der Waals surface area contributed by atoms with E-state index < -0.39 is 0 Å². The number of aryl methyl sites for hydroxylation is 3. The van der Waals surface area contributed by atoms with Crippen molar-refractivity contribution in [2.75, 3.05) is 10.6 Å². The first-order chi connectivity index (χ1) is 13.9. The van der Waals surface area contributed by atoms with Gasteiger partial charge in [0.25, 0.3) is 0 Å². The van der Waals surface area contributed by atoms with Crippen LogP contribution in [-0.4, -0.2) is 21.0 Å². The Morgan fingerprint density at radius 2 is 1.86 bits per heavy atom. The molecular weight excluding hydrogens is 408 g/mol. The predicted octanol–water partition coefficient (Wildman–Crippen LogP) is 4.60. The number of halogens is 1. The predicted molar refractivity (Wildman–Crippen MR) is 121 cm³/mol. The average Bonchev–Trinajstić information content (AvgIpc) is 3.16. The molecule has 0 aliphatic carbocycles. The molecule has 2 heterocycles. The summed E-state index contributed by atoms with van der Waals surface area (Å²) in [6.45, 7) is 6.05. The van der Waals surface area contributed by atoms with Gasteiger partial charge in [0.05, 0.1) is 17.0 Å². The molecule has 7 nitrogen and oxygen atoms in total. The Kier molecular flexibility index (Phi) is 6.79. The molecule has 0 aliphatic rings. The first kappa shape index (κ1) is 20.8. The molecule has 1 aromatic carbocycles. The number of aromatic nitrogens is 2. The lowest BCUT2D eigenvalue weighted by Gasteiger charge is -2.15. The monoisotopic (exact) mass is 428 g/mol. The van der Waals surface area contributed by atoms with E-state index in [1.54, 1.807) is 6.26 Å². The molecule has 9 heteroatoms. The Morgan fingerprint density at radius 3 is 2.55 bits per heavy atom. The van der Waals surface area contributed by atoms with Gasteiger partial charge in [-0.2, -0.15) is 0 Å². The lowest BCUT2D eigenvalue weighted by atomic mass is 10.2. The summed E-state index contributed by atoms with van der Waals surface area (Å²) in [6, 6.07) is 11.2. The maximum Gasteiger partial charge on any atom is 0.229 e. The van der Waals surface area contributed by atoms with Crippen molar-refractivity contribution in [1.29, 1.82) is 0 Å². The Morgan fingerprint density at radius 1 is 1.10 bits per heavy atom. The normalized spacial score (nSPS) is 11.2. The van der Waals surface area contributed by atoms with Crippen LogP contribution >= 0.6 is 23.8 Å². The number of guanidine groups is 1. The van der Waals surface area contributed by atoms with Crippen LogP contribution < -0.4 is 16.0 Å². The van der Waals surface area contributed by atoms with Crippen LogP contribution in [0, 0.1) is 20.8 Å². The summed E-state index contributed by atoms with van der Waals surface area (Å²) in [5, 5.41) is 10.1. The van der Waals surface area contributed by atoms with Gasteiger partial charge in [0, 0.05) is 11.4 Å². The largest absolute Gasteiger partial charge is 0.467 e. The van der Waals surface area contributed by atoms with Gasteiger partial charge >= 0.3 is 0 Å². The molecule has 3 rings (SSSR count). The first-order valence-corrected chi connectivity index (χ1v) is 9.68. The van der Waals surface area contributed by atoms with Crippen molar-refractivity contribution in [3.05, 3.63) is 70.4 Å². The van der Waals surface area contributed by atoms with Crippen molar-refractivity contribution in [1.82, 2.24) is 15.3 Å². The van der Waals surface area contributed by atoms with E-state index >= 15 is 0 Å². The lowest BCUT2D eigenvalue weighted by molar-refractivity contribution is 0.512. The van der Waals surface area contributed by atoms with Crippen LogP contribution in [0.3, 0.4) is 0 Å². The number of rotatable bonds is 4. The second-order valence-electron chi connectivity index (χ2n) is 6.36. The molecule has 0 atom stereocenters. The van der Waals surface area contributed by atoms with Gasteiger partial charge < -0.3 is 15.1 Å². The number of furan rings is 1. The quantitative estimate of drug-likeness (QED) is 0.318. The second-order valence-corrected chi connectivity index (χ2v) is 7.15. The van der Waals surface area contributed by atoms with Gasteiger partial charge in [-0.05, 0) is 62.8 Å². The van der Waals surface area contributed by atoms with Gasteiger partial charge in [0.2, 0.25) is 11.9 Å². The van der Waals surface area contributed by atoms with Crippen molar-refractivity contribution in [2.45, 2.75) is 27.3 Å². The molecule has 0 unspecified atom stereocenters. The van der Waals surface area contributed by atoms with Gasteiger partial charge in [-0.25, -0.2) is 15.0 Å². The third-order valence-electron chi connectivity index (χ3n) is 3.86. The van der Waals surface area contributed by atoms with Crippen LogP contribution in [0.25, 0.3) is 0 Å². The molecule has 0 amide bonds. The van der Waals surface area contributed by atoms with Gasteiger partial charge in [-0.15, -0.1) is 0 Å². The molecule has 3 N–H and O–H groups in total. The smallest absolute Gasteiger partial charge is 0.229 e. The van der Waals surface area contributed by atoms with Crippen molar-refractivity contribution in [3.8, 4) is 0 Å². The molecule has 0 bridgehead atoms. The molecule has 0 spiro atoms. The maximum absolute atomic E-state index is 6.34. The van der Waals surface area contributed by atoms with Gasteiger partial charge in [-0.3, -0.25) is 5.32 Å². The van der Waals surface area contributed by atoms with Crippen LogP contribution in [0.2, 0.25) is 5.02 Å². The number of aliphatic imine (C=N–C) groups is 1. The van der Waals surface area contributed by atoms with Crippen LogP contribution in [0.1, 0.15) is 22.7 Å². The van der Waals surface area contributed by atoms with Crippen molar-refractivity contribution in [3.63, 3.8) is 0 Å². The minimum Gasteiger partial charge on any atom is -0.467 e. The topological polar surface area (TPSA) is 87.4 Å². The van der Waals surface area contributed by atoms with Gasteiger partial charge in [-0.1, -0.05) is 23.7 Å². The van der Waals surface area contributed by atoms with E-state index in [9.17, 15) is 0 Å². The van der Waals surface area contributed by atoms with Gasteiger partial charge in [0.1, 0.15) is 12.3 Å². The Hall–Kier alpha value is -2.97. The van der Waals surface area contributed by atoms with Crippen LogP contribution in [0.5, 0.6) is 0 Å². The maximum atomic E-state index is 6.34. The van der Waals surface area contributed by atoms with Crippen molar-refractivity contribution >= 4 is 46.5 Å². The van der Waals surface area contributed by atoms with Crippen molar-refractivity contribution < 1.29 is 4.42 Å². The molecule has 0 aliphatic heterocycles. The number of hydrogen-bond donors (Lipinski definition) is 3. The molecular formula is C20H21ClN6OS. The van der Waals surface area contributed by atoms with E-state index in [0.717, 1.165) is 17.0 Å². The summed E-state index contributed by atoms with van der Waals surface area (Å²) >= 11 is 11.8. The Bertz CT molecular complexity index is 1020. The fourth-order valence-electron chi connectivity index (χ4n) is 2.56. The Balaban J connectivity index is 1.77. The highest BCUT2D eigenvalue weighted by Crippen LogP contribution is 2.24. The van der Waals surface area contributed by atoms with Gasteiger partial charge in [0.15, 0.2) is 5.11 Å². The van der Waals surface area contributed by atoms with Crippen LogP contribution in [-0.2, 0) is 6.54 Å². The fourth-order valence-corrected chi connectivity index (χ4v) is 2.94. The average molecular weight is 429 g/mol. The molecule has 0 saturated heterocycles. The number of hydrogen-bond acceptors (Lipinski definition) is 5. The highest BCUT2D eigenvalue weighted by atomic mass is 35.5. The van der Waals surface area contributed by atoms with E-state index in [2.05, 4.69) is 30.9 Å². The number of anilines is 2. The number of nitrogens with zero attached hydrogens (tertiary/aromatic N) is 3. The Labute approximate surface area is 179 Å².